The largest absolute Gasteiger partial charge is 0.495 e. The van der Waals surface area contributed by atoms with Crippen molar-refractivity contribution in [2.45, 2.75) is 17.4 Å². The standard InChI is InChI=1S/C26H28N4O6S/c1-34-22-16-19(25(31)29-11-13-30(14-12-29)26(32)36-20-9-15-35-17-20)7-8-21(22)28-37(33)23-6-2-4-18-5-3-10-27-24(18)23/h2-8,10,16,20,28H,9,11-15,17H2,1H3. The fourth-order valence-corrected chi connectivity index (χ4v) is 5.41. The molecule has 3 aromatic rings. The molecule has 2 amide bonds. The van der Waals surface area contributed by atoms with Gasteiger partial charge in [0.15, 0.2) is 11.0 Å². The number of para-hydroxylation sites is 1. The molecule has 0 spiro atoms. The van der Waals surface area contributed by atoms with Crippen LogP contribution in [0.3, 0.4) is 0 Å². The number of fused-ring (bicyclic) bond motifs is 1. The van der Waals surface area contributed by atoms with Gasteiger partial charge in [0.1, 0.15) is 11.9 Å². The quantitative estimate of drug-likeness (QED) is 0.528. The first-order valence-electron chi connectivity index (χ1n) is 12.1. The minimum Gasteiger partial charge on any atom is -0.495 e. The van der Waals surface area contributed by atoms with Crippen LogP contribution in [0.4, 0.5) is 10.5 Å². The fraction of sp³-hybridized carbons (Fsp3) is 0.346. The molecule has 2 saturated heterocycles. The van der Waals surface area contributed by atoms with Crippen molar-refractivity contribution in [1.82, 2.24) is 14.8 Å². The molecule has 194 valence electrons. The molecule has 1 N–H and O–H groups in total. The van der Waals surface area contributed by atoms with Gasteiger partial charge in [0.25, 0.3) is 5.91 Å². The summed E-state index contributed by atoms with van der Waals surface area (Å²) in [6, 6.07) is 14.2. The third-order valence-corrected chi connectivity index (χ3v) is 7.56. The number of carbonyl (C=O) groups excluding carboxylic acids is 2. The van der Waals surface area contributed by atoms with E-state index in [0.717, 1.165) is 5.39 Å². The van der Waals surface area contributed by atoms with Crippen LogP contribution < -0.4 is 9.46 Å². The molecular weight excluding hydrogens is 496 g/mol. The number of piperazine rings is 1. The highest BCUT2D eigenvalue weighted by atomic mass is 32.2. The second-order valence-electron chi connectivity index (χ2n) is 8.77. The molecule has 1 aromatic heterocycles. The molecule has 5 rings (SSSR count). The van der Waals surface area contributed by atoms with Crippen LogP contribution in [0, 0.1) is 0 Å². The Morgan fingerprint density at radius 3 is 2.62 bits per heavy atom. The smallest absolute Gasteiger partial charge is 0.410 e. The number of nitrogens with one attached hydrogen (secondary N) is 1. The van der Waals surface area contributed by atoms with Crippen molar-refractivity contribution < 1.29 is 28.0 Å². The third kappa shape index (κ3) is 5.52. The van der Waals surface area contributed by atoms with E-state index in [2.05, 4.69) is 9.71 Å². The summed E-state index contributed by atoms with van der Waals surface area (Å²) in [5.74, 6) is 0.231. The normalized spacial score (nSPS) is 18.5. The van der Waals surface area contributed by atoms with E-state index in [4.69, 9.17) is 14.2 Å². The topological polar surface area (TPSA) is 110 Å². The van der Waals surface area contributed by atoms with E-state index in [-0.39, 0.29) is 18.1 Å². The molecule has 10 nitrogen and oxygen atoms in total. The maximum atomic E-state index is 13.2. The number of aromatic nitrogens is 1. The molecule has 2 aliphatic rings. The lowest BCUT2D eigenvalue weighted by Crippen LogP contribution is -2.51. The van der Waals surface area contributed by atoms with Crippen LogP contribution in [-0.2, 0) is 20.5 Å². The minimum atomic E-state index is -1.60. The molecule has 0 saturated carbocycles. The molecule has 2 aliphatic heterocycles. The van der Waals surface area contributed by atoms with Crippen molar-refractivity contribution >= 4 is 39.6 Å². The summed E-state index contributed by atoms with van der Waals surface area (Å²) in [6.45, 7) is 2.63. The van der Waals surface area contributed by atoms with Crippen molar-refractivity contribution in [2.24, 2.45) is 0 Å². The van der Waals surface area contributed by atoms with Crippen LogP contribution in [-0.4, -0.2) is 83.6 Å². The van der Waals surface area contributed by atoms with Crippen LogP contribution in [0.2, 0.25) is 0 Å². The van der Waals surface area contributed by atoms with Gasteiger partial charge in [0, 0.05) is 49.7 Å². The number of benzene rings is 2. The Kier molecular flexibility index (Phi) is 7.52. The van der Waals surface area contributed by atoms with Gasteiger partial charge < -0.3 is 24.0 Å². The lowest BCUT2D eigenvalue weighted by Gasteiger charge is -2.34. The van der Waals surface area contributed by atoms with Crippen molar-refractivity contribution in [3.05, 3.63) is 60.3 Å². The lowest BCUT2D eigenvalue weighted by atomic mass is 10.1. The molecule has 0 radical (unpaired) electrons. The Morgan fingerprint density at radius 1 is 1.08 bits per heavy atom. The fourth-order valence-electron chi connectivity index (χ4n) is 4.39. The van der Waals surface area contributed by atoms with E-state index in [1.807, 2.05) is 24.3 Å². The van der Waals surface area contributed by atoms with E-state index in [9.17, 15) is 13.8 Å². The van der Waals surface area contributed by atoms with E-state index in [1.54, 1.807) is 40.3 Å². The summed E-state index contributed by atoms with van der Waals surface area (Å²) >= 11 is 0. The number of amides is 2. The van der Waals surface area contributed by atoms with Gasteiger partial charge in [-0.25, -0.2) is 9.00 Å². The molecule has 2 atom stereocenters. The number of nitrogens with zero attached hydrogens (tertiary/aromatic N) is 3. The maximum absolute atomic E-state index is 13.2. The first-order valence-corrected chi connectivity index (χ1v) is 13.2. The summed E-state index contributed by atoms with van der Waals surface area (Å²) in [6.07, 6.45) is 1.81. The zero-order valence-corrected chi connectivity index (χ0v) is 21.2. The summed E-state index contributed by atoms with van der Waals surface area (Å²) in [4.78, 5) is 33.8. The van der Waals surface area contributed by atoms with E-state index in [1.165, 1.54) is 7.11 Å². The average Bonchev–Trinajstić information content (AvgIpc) is 3.45. The van der Waals surface area contributed by atoms with Crippen LogP contribution in [0.25, 0.3) is 10.9 Å². The molecule has 2 fully saturated rings. The van der Waals surface area contributed by atoms with Gasteiger partial charge >= 0.3 is 6.09 Å². The zero-order chi connectivity index (χ0) is 25.8. The number of pyridine rings is 1. The lowest BCUT2D eigenvalue weighted by molar-refractivity contribution is 0.0370. The van der Waals surface area contributed by atoms with Crippen molar-refractivity contribution in [3.63, 3.8) is 0 Å². The predicted octanol–water partition coefficient (Wildman–Crippen LogP) is 3.06. The Morgan fingerprint density at radius 2 is 1.86 bits per heavy atom. The van der Waals surface area contributed by atoms with E-state index in [0.29, 0.717) is 73.2 Å². The highest BCUT2D eigenvalue weighted by Gasteiger charge is 2.29. The summed E-state index contributed by atoms with van der Waals surface area (Å²) < 4.78 is 32.3. The monoisotopic (exact) mass is 524 g/mol. The number of carbonyl (C=O) groups is 2. The van der Waals surface area contributed by atoms with Crippen molar-refractivity contribution in [2.75, 3.05) is 51.2 Å². The Hall–Kier alpha value is -3.70. The van der Waals surface area contributed by atoms with Crippen molar-refractivity contribution in [1.29, 1.82) is 0 Å². The molecule has 37 heavy (non-hydrogen) atoms. The molecule has 2 unspecified atom stereocenters. The van der Waals surface area contributed by atoms with E-state index < -0.39 is 11.0 Å². The number of hydrogen-bond acceptors (Lipinski definition) is 7. The van der Waals surface area contributed by atoms with Crippen LogP contribution in [0.5, 0.6) is 5.75 Å². The third-order valence-electron chi connectivity index (χ3n) is 6.43. The predicted molar refractivity (Wildman–Crippen MR) is 138 cm³/mol. The molecular formula is C26H28N4O6S. The Labute approximate surface area is 217 Å². The van der Waals surface area contributed by atoms with E-state index >= 15 is 0 Å². The highest BCUT2D eigenvalue weighted by Crippen LogP contribution is 2.29. The SMILES string of the molecule is COc1cc(C(=O)N2CCN(C(=O)OC3CCOC3)CC2)ccc1NS(=O)c1cccc2cccnc12. The molecule has 3 heterocycles. The molecule has 11 heteroatoms. The van der Waals surface area contributed by atoms with Gasteiger partial charge in [-0.2, -0.15) is 0 Å². The molecule has 0 aliphatic carbocycles. The summed E-state index contributed by atoms with van der Waals surface area (Å²) in [5, 5.41) is 0.893. The van der Waals surface area contributed by atoms with Gasteiger partial charge in [-0.1, -0.05) is 18.2 Å². The summed E-state index contributed by atoms with van der Waals surface area (Å²) in [7, 11) is -0.101. The second-order valence-corrected chi connectivity index (χ2v) is 9.95. The molecule has 0 bridgehead atoms. The van der Waals surface area contributed by atoms with Crippen molar-refractivity contribution in [3.8, 4) is 5.75 Å². The van der Waals surface area contributed by atoms with Gasteiger partial charge in [-0.15, -0.1) is 0 Å². The van der Waals surface area contributed by atoms with Gasteiger partial charge in [-0.3, -0.25) is 14.5 Å². The summed E-state index contributed by atoms with van der Waals surface area (Å²) in [5.41, 5.74) is 1.59. The second kappa shape index (κ2) is 11.1. The number of rotatable bonds is 6. The molecule has 2 aromatic carbocycles. The first kappa shape index (κ1) is 25.0. The Bertz CT molecular complexity index is 1320. The van der Waals surface area contributed by atoms with Gasteiger partial charge in [-0.05, 0) is 30.3 Å². The minimum absolute atomic E-state index is 0.165. The van der Waals surface area contributed by atoms with Crippen LogP contribution in [0.15, 0.2) is 59.6 Å². The van der Waals surface area contributed by atoms with Gasteiger partial charge in [0.05, 0.1) is 36.4 Å². The van der Waals surface area contributed by atoms with Crippen LogP contribution in [0.1, 0.15) is 16.8 Å². The number of anilines is 1. The first-order chi connectivity index (χ1) is 18.0. The maximum Gasteiger partial charge on any atom is 0.410 e. The number of hydrogen-bond donors (Lipinski definition) is 1. The highest BCUT2D eigenvalue weighted by molar-refractivity contribution is 7.86. The average molecular weight is 525 g/mol. The number of methoxy groups -OCH3 is 1. The van der Waals surface area contributed by atoms with Crippen LogP contribution >= 0.6 is 0 Å². The number of ether oxygens (including phenoxy) is 3. The van der Waals surface area contributed by atoms with Gasteiger partial charge in [0.2, 0.25) is 0 Å². The zero-order valence-electron chi connectivity index (χ0n) is 20.4. The Balaban J connectivity index is 1.23.